The maximum atomic E-state index is 11.4. The summed E-state index contributed by atoms with van der Waals surface area (Å²) in [6.45, 7) is 3.98. The van der Waals surface area contributed by atoms with Crippen molar-refractivity contribution >= 4 is 11.1 Å². The van der Waals surface area contributed by atoms with E-state index in [2.05, 4.69) is 0 Å². The van der Waals surface area contributed by atoms with Crippen LogP contribution in [0.5, 0.6) is 5.75 Å². The number of hydrogen-bond donors (Lipinski definition) is 1. The Balaban J connectivity index is 1.98. The summed E-state index contributed by atoms with van der Waals surface area (Å²) in [5, 5.41) is 12.2. The molecule has 1 aliphatic carbocycles. The quantitative estimate of drug-likeness (QED) is 0.911. The summed E-state index contributed by atoms with van der Waals surface area (Å²) < 4.78 is 23.1. The van der Waals surface area contributed by atoms with Gasteiger partial charge < -0.3 is 23.7 Å². The third-order valence-corrected chi connectivity index (χ3v) is 5.47. The number of nitrogens with zero attached hydrogens (tertiary/aromatic N) is 1. The second-order valence-corrected chi connectivity index (χ2v) is 7.29. The van der Waals surface area contributed by atoms with Crippen LogP contribution in [0.1, 0.15) is 44.4 Å². The van der Waals surface area contributed by atoms with Crippen molar-refractivity contribution in [2.24, 2.45) is 0 Å². The van der Waals surface area contributed by atoms with Crippen molar-refractivity contribution in [2.45, 2.75) is 56.5 Å². The lowest BCUT2D eigenvalue weighted by Gasteiger charge is -2.55. The van der Waals surface area contributed by atoms with Gasteiger partial charge in [0.25, 0.3) is 0 Å². The highest BCUT2D eigenvalue weighted by Crippen LogP contribution is 2.55. The van der Waals surface area contributed by atoms with Crippen molar-refractivity contribution < 1.29 is 23.7 Å². The minimum Gasteiger partial charge on any atom is -0.496 e. The van der Waals surface area contributed by atoms with Gasteiger partial charge in [-0.3, -0.25) is 0 Å². The highest BCUT2D eigenvalue weighted by Gasteiger charge is 2.62. The zero-order chi connectivity index (χ0) is 17.2. The average Bonchev–Trinajstić information content (AvgIpc) is 2.99. The molecule has 0 radical (unpaired) electrons. The van der Waals surface area contributed by atoms with E-state index in [0.717, 1.165) is 23.1 Å². The number of aliphatic hydroxyl groups is 1. The number of methoxy groups -OCH3 is 2. The van der Waals surface area contributed by atoms with E-state index in [-0.39, 0.29) is 0 Å². The monoisotopic (exact) mass is 333 g/mol. The van der Waals surface area contributed by atoms with Crippen molar-refractivity contribution in [3.8, 4) is 5.75 Å². The number of pyridine rings is 1. The molecular weight excluding hydrogens is 310 g/mol. The Morgan fingerprint density at radius 1 is 1.21 bits per heavy atom. The van der Waals surface area contributed by atoms with Crippen LogP contribution in [0.2, 0.25) is 0 Å². The fraction of sp³-hybridized carbons (Fsp3) is 0.611. The van der Waals surface area contributed by atoms with Crippen molar-refractivity contribution in [2.75, 3.05) is 14.2 Å². The van der Waals surface area contributed by atoms with E-state index in [1.54, 1.807) is 20.5 Å². The van der Waals surface area contributed by atoms with E-state index in [4.69, 9.17) is 23.6 Å². The first-order chi connectivity index (χ1) is 11.4. The first kappa shape index (κ1) is 15.9. The molecule has 0 unspecified atom stereocenters. The van der Waals surface area contributed by atoms with Crippen LogP contribution in [0.15, 0.2) is 16.7 Å². The lowest BCUT2D eigenvalue weighted by atomic mass is 9.70. The van der Waals surface area contributed by atoms with Crippen molar-refractivity contribution in [1.82, 2.24) is 4.98 Å². The molecule has 2 aliphatic rings. The van der Waals surface area contributed by atoms with Crippen LogP contribution in [0.4, 0.5) is 0 Å². The highest BCUT2D eigenvalue weighted by molar-refractivity contribution is 5.83. The molecule has 6 heteroatoms. The number of hydrogen-bond acceptors (Lipinski definition) is 6. The summed E-state index contributed by atoms with van der Waals surface area (Å²) >= 11 is 0. The highest BCUT2D eigenvalue weighted by atomic mass is 16.7. The van der Waals surface area contributed by atoms with Crippen LogP contribution in [-0.2, 0) is 21.5 Å². The lowest BCUT2D eigenvalue weighted by Crippen LogP contribution is -2.64. The Labute approximate surface area is 140 Å². The molecule has 2 aromatic heterocycles. The predicted octanol–water partition coefficient (Wildman–Crippen LogP) is 2.90. The topological polar surface area (TPSA) is 74.0 Å². The van der Waals surface area contributed by atoms with E-state index >= 15 is 0 Å². The number of rotatable bonds is 2. The molecule has 1 saturated heterocycles. The van der Waals surface area contributed by atoms with E-state index < -0.39 is 17.0 Å². The molecule has 4 rings (SSSR count). The molecule has 0 aromatic carbocycles. The zero-order valence-electron chi connectivity index (χ0n) is 14.5. The second kappa shape index (κ2) is 4.94. The summed E-state index contributed by atoms with van der Waals surface area (Å²) in [5.74, 6) is -0.679. The molecule has 0 bridgehead atoms. The molecule has 1 aliphatic heterocycles. The summed E-state index contributed by atoms with van der Waals surface area (Å²) in [6.07, 6.45) is 3.99. The lowest BCUT2D eigenvalue weighted by molar-refractivity contribution is -0.377. The van der Waals surface area contributed by atoms with Gasteiger partial charge in [-0.1, -0.05) is 0 Å². The first-order valence-corrected chi connectivity index (χ1v) is 8.28. The van der Waals surface area contributed by atoms with Gasteiger partial charge in [0.15, 0.2) is 5.60 Å². The zero-order valence-corrected chi connectivity index (χ0v) is 14.5. The molecule has 1 fully saturated rings. The summed E-state index contributed by atoms with van der Waals surface area (Å²) in [4.78, 5) is 4.69. The minimum atomic E-state index is -1.42. The van der Waals surface area contributed by atoms with Crippen LogP contribution >= 0.6 is 0 Å². The second-order valence-electron chi connectivity index (χ2n) is 7.29. The number of ether oxygens (including phenoxy) is 3. The third-order valence-electron chi connectivity index (χ3n) is 5.47. The number of aromatic nitrogens is 1. The normalized spacial score (nSPS) is 31.5. The Bertz CT molecular complexity index is 798. The smallest absolute Gasteiger partial charge is 0.229 e. The number of furan rings is 1. The molecule has 0 saturated carbocycles. The van der Waals surface area contributed by atoms with E-state index in [1.165, 1.54) is 0 Å². The molecule has 1 N–H and O–H groups in total. The maximum Gasteiger partial charge on any atom is 0.229 e. The summed E-state index contributed by atoms with van der Waals surface area (Å²) in [6, 6.07) is 1.85. The van der Waals surface area contributed by atoms with E-state index in [1.807, 2.05) is 19.9 Å². The van der Waals surface area contributed by atoms with Crippen molar-refractivity contribution in [3.05, 3.63) is 23.6 Å². The first-order valence-electron chi connectivity index (χ1n) is 8.28. The molecule has 0 spiro atoms. The van der Waals surface area contributed by atoms with Gasteiger partial charge in [0.05, 0.1) is 30.1 Å². The van der Waals surface area contributed by atoms with Crippen LogP contribution in [-0.4, -0.2) is 35.7 Å². The fourth-order valence-corrected chi connectivity index (χ4v) is 4.27. The Hall–Kier alpha value is -1.63. The minimum absolute atomic E-state index is 0.410. The Morgan fingerprint density at radius 2 is 2.00 bits per heavy atom. The van der Waals surface area contributed by atoms with Gasteiger partial charge in [-0.25, -0.2) is 4.98 Å². The van der Waals surface area contributed by atoms with Gasteiger partial charge in [-0.2, -0.15) is 0 Å². The summed E-state index contributed by atoms with van der Waals surface area (Å²) in [7, 11) is 3.24. The van der Waals surface area contributed by atoms with Gasteiger partial charge in [-0.05, 0) is 39.2 Å². The average molecular weight is 333 g/mol. The van der Waals surface area contributed by atoms with Crippen LogP contribution < -0.4 is 4.74 Å². The number of fused-ring (bicyclic) bond motifs is 4. The molecule has 130 valence electrons. The SMILES string of the molecule is COc1c2c(nc3occc13)[C@]1(OC)CCC(C)(C)O[C@@]1(O)CC2. The van der Waals surface area contributed by atoms with Crippen molar-refractivity contribution in [3.63, 3.8) is 0 Å². The molecule has 2 aromatic rings. The van der Waals surface area contributed by atoms with Crippen LogP contribution in [0, 0.1) is 0 Å². The van der Waals surface area contributed by atoms with Gasteiger partial charge in [-0.15, -0.1) is 0 Å². The van der Waals surface area contributed by atoms with Gasteiger partial charge in [0.2, 0.25) is 11.5 Å². The van der Waals surface area contributed by atoms with E-state index in [9.17, 15) is 5.11 Å². The summed E-state index contributed by atoms with van der Waals surface area (Å²) in [5.41, 5.74) is 0.670. The standard InChI is InChI=1S/C18H23NO5/c1-16(2)8-9-17(22-4)14-11(5-7-18(17,20)24-16)13(21-3)12-6-10-23-15(12)19-14/h6,10,20H,5,7-9H2,1-4H3/t17-,18+/m1/s1. The third kappa shape index (κ3) is 1.90. The van der Waals surface area contributed by atoms with Crippen LogP contribution in [0.3, 0.4) is 0 Å². The molecule has 2 atom stereocenters. The maximum absolute atomic E-state index is 11.4. The van der Waals surface area contributed by atoms with Gasteiger partial charge in [0, 0.05) is 19.1 Å². The van der Waals surface area contributed by atoms with Crippen molar-refractivity contribution in [1.29, 1.82) is 0 Å². The van der Waals surface area contributed by atoms with Gasteiger partial charge in [0.1, 0.15) is 5.75 Å². The fourth-order valence-electron chi connectivity index (χ4n) is 4.27. The molecule has 24 heavy (non-hydrogen) atoms. The van der Waals surface area contributed by atoms with Crippen LogP contribution in [0.25, 0.3) is 11.1 Å². The predicted molar refractivity (Wildman–Crippen MR) is 86.9 cm³/mol. The van der Waals surface area contributed by atoms with E-state index in [0.29, 0.717) is 30.7 Å². The Morgan fingerprint density at radius 3 is 2.71 bits per heavy atom. The molecule has 0 amide bonds. The Kier molecular flexibility index (Phi) is 3.27. The molecule has 6 nitrogen and oxygen atoms in total. The molecular formula is C18H23NO5. The largest absolute Gasteiger partial charge is 0.496 e. The van der Waals surface area contributed by atoms with Gasteiger partial charge >= 0.3 is 0 Å². The molecule has 3 heterocycles.